The molecule has 16 heavy (non-hydrogen) atoms. The largest absolute Gasteiger partial charge is 0.383 e. The highest BCUT2D eigenvalue weighted by Crippen LogP contribution is 2.47. The van der Waals surface area contributed by atoms with E-state index in [4.69, 9.17) is 4.74 Å². The Labute approximate surface area is 105 Å². The van der Waals surface area contributed by atoms with Gasteiger partial charge in [0.2, 0.25) is 0 Å². The van der Waals surface area contributed by atoms with E-state index in [0.717, 1.165) is 25.6 Å². The molecular weight excluding hydrogens is 218 g/mol. The summed E-state index contributed by atoms with van der Waals surface area (Å²) in [5.41, 5.74) is 0.531. The predicted molar refractivity (Wildman–Crippen MR) is 73.2 cm³/mol. The lowest BCUT2D eigenvalue weighted by atomic mass is 9.80. The molecule has 1 saturated carbocycles. The van der Waals surface area contributed by atoms with Crippen molar-refractivity contribution >= 4 is 11.8 Å². The van der Waals surface area contributed by atoms with Crippen LogP contribution in [0.1, 0.15) is 32.6 Å². The van der Waals surface area contributed by atoms with E-state index in [0.29, 0.717) is 5.41 Å². The van der Waals surface area contributed by atoms with Gasteiger partial charge in [-0.3, -0.25) is 0 Å². The molecule has 1 rings (SSSR count). The molecular formula is C13H27NOS. The van der Waals surface area contributed by atoms with Gasteiger partial charge in [-0.1, -0.05) is 6.92 Å². The third kappa shape index (κ3) is 5.07. The molecule has 96 valence electrons. The zero-order chi connectivity index (χ0) is 11.9. The Morgan fingerprint density at radius 2 is 2.19 bits per heavy atom. The predicted octanol–water partition coefficient (Wildman–Crippen LogP) is 2.78. The van der Waals surface area contributed by atoms with Crippen LogP contribution in [-0.2, 0) is 4.74 Å². The van der Waals surface area contributed by atoms with Gasteiger partial charge in [-0.05, 0) is 49.0 Å². The summed E-state index contributed by atoms with van der Waals surface area (Å²) in [5, 5.41) is 3.54. The second-order valence-corrected chi connectivity index (χ2v) is 6.18. The summed E-state index contributed by atoms with van der Waals surface area (Å²) in [6.45, 7) is 5.44. The molecule has 0 radical (unpaired) electrons. The van der Waals surface area contributed by atoms with E-state index in [1.807, 2.05) is 11.8 Å². The van der Waals surface area contributed by atoms with E-state index in [-0.39, 0.29) is 0 Å². The maximum Gasteiger partial charge on any atom is 0.0587 e. The van der Waals surface area contributed by atoms with Gasteiger partial charge in [-0.15, -0.1) is 0 Å². The van der Waals surface area contributed by atoms with Crippen LogP contribution in [0.25, 0.3) is 0 Å². The second-order valence-electron chi connectivity index (χ2n) is 5.19. The molecule has 0 aromatic rings. The number of methoxy groups -OCH3 is 1. The summed E-state index contributed by atoms with van der Waals surface area (Å²) in [5.74, 6) is 2.28. The van der Waals surface area contributed by atoms with Crippen LogP contribution >= 0.6 is 11.8 Å². The highest BCUT2D eigenvalue weighted by atomic mass is 32.2. The van der Waals surface area contributed by atoms with Crippen molar-refractivity contribution in [3.63, 3.8) is 0 Å². The average Bonchev–Trinajstić information content (AvgIpc) is 3.09. The molecule has 0 aromatic carbocycles. The molecule has 3 heteroatoms. The van der Waals surface area contributed by atoms with Crippen molar-refractivity contribution in [2.24, 2.45) is 11.3 Å². The first kappa shape index (κ1) is 14.3. The molecule has 0 bridgehead atoms. The van der Waals surface area contributed by atoms with E-state index >= 15 is 0 Å². The Bertz CT molecular complexity index is 185. The van der Waals surface area contributed by atoms with Gasteiger partial charge in [0.25, 0.3) is 0 Å². The summed E-state index contributed by atoms with van der Waals surface area (Å²) in [7, 11) is 1.76. The van der Waals surface area contributed by atoms with Crippen LogP contribution in [0.5, 0.6) is 0 Å². The van der Waals surface area contributed by atoms with Gasteiger partial charge < -0.3 is 10.1 Å². The van der Waals surface area contributed by atoms with Crippen LogP contribution in [0.3, 0.4) is 0 Å². The maximum atomic E-state index is 5.07. The zero-order valence-corrected chi connectivity index (χ0v) is 11.9. The molecule has 1 fully saturated rings. The molecule has 1 unspecified atom stereocenters. The normalized spacial score (nSPS) is 19.7. The minimum absolute atomic E-state index is 0.531. The van der Waals surface area contributed by atoms with Crippen LogP contribution in [-0.4, -0.2) is 38.8 Å². The zero-order valence-electron chi connectivity index (χ0n) is 11.1. The van der Waals surface area contributed by atoms with E-state index in [9.17, 15) is 0 Å². The maximum absolute atomic E-state index is 5.07. The molecule has 0 amide bonds. The smallest absolute Gasteiger partial charge is 0.0587 e. The number of ether oxygens (including phenoxy) is 1. The SMILES string of the molecule is COCCNCC(C)(CCCSC)C1CC1. The quantitative estimate of drug-likeness (QED) is 0.598. The molecule has 1 aliphatic carbocycles. The van der Waals surface area contributed by atoms with Crippen LogP contribution in [0.4, 0.5) is 0 Å². The van der Waals surface area contributed by atoms with Crippen molar-refractivity contribution in [2.45, 2.75) is 32.6 Å². The number of thioether (sulfide) groups is 1. The summed E-state index contributed by atoms with van der Waals surface area (Å²) in [6, 6.07) is 0. The standard InChI is InChI=1S/C13H27NOS/c1-13(12-5-6-12,7-4-10-16-3)11-14-8-9-15-2/h12,14H,4-11H2,1-3H3. The fraction of sp³-hybridized carbons (Fsp3) is 1.00. The lowest BCUT2D eigenvalue weighted by Gasteiger charge is -2.30. The van der Waals surface area contributed by atoms with E-state index in [1.165, 1.54) is 31.4 Å². The molecule has 0 spiro atoms. The van der Waals surface area contributed by atoms with E-state index < -0.39 is 0 Å². The number of rotatable bonds is 10. The first-order valence-corrected chi connectivity index (χ1v) is 7.81. The fourth-order valence-electron chi connectivity index (χ4n) is 2.39. The molecule has 0 aromatic heterocycles. The van der Waals surface area contributed by atoms with Crippen molar-refractivity contribution in [3.05, 3.63) is 0 Å². The molecule has 0 heterocycles. The Kier molecular flexibility index (Phi) is 6.78. The van der Waals surface area contributed by atoms with Crippen LogP contribution < -0.4 is 5.32 Å². The molecule has 1 aliphatic rings. The summed E-state index contributed by atoms with van der Waals surface area (Å²) >= 11 is 1.97. The first-order valence-electron chi connectivity index (χ1n) is 6.41. The lowest BCUT2D eigenvalue weighted by molar-refractivity contribution is 0.183. The molecule has 2 nitrogen and oxygen atoms in total. The van der Waals surface area contributed by atoms with Crippen molar-refractivity contribution in [2.75, 3.05) is 38.8 Å². The van der Waals surface area contributed by atoms with E-state index in [1.54, 1.807) is 7.11 Å². The number of hydrogen-bond acceptors (Lipinski definition) is 3. The minimum atomic E-state index is 0.531. The van der Waals surface area contributed by atoms with Crippen LogP contribution in [0.15, 0.2) is 0 Å². The van der Waals surface area contributed by atoms with E-state index in [2.05, 4.69) is 18.5 Å². The van der Waals surface area contributed by atoms with Crippen molar-refractivity contribution < 1.29 is 4.74 Å². The molecule has 0 aliphatic heterocycles. The summed E-state index contributed by atoms with van der Waals surface area (Å²) < 4.78 is 5.07. The number of hydrogen-bond donors (Lipinski definition) is 1. The van der Waals surface area contributed by atoms with Crippen molar-refractivity contribution in [1.82, 2.24) is 5.32 Å². The number of nitrogens with one attached hydrogen (secondary N) is 1. The second kappa shape index (κ2) is 7.57. The lowest BCUT2D eigenvalue weighted by Crippen LogP contribution is -2.35. The molecule has 1 atom stereocenters. The molecule has 1 N–H and O–H groups in total. The summed E-state index contributed by atoms with van der Waals surface area (Å²) in [4.78, 5) is 0. The van der Waals surface area contributed by atoms with Crippen LogP contribution in [0.2, 0.25) is 0 Å². The van der Waals surface area contributed by atoms with Gasteiger partial charge >= 0.3 is 0 Å². The Balaban J connectivity index is 2.21. The van der Waals surface area contributed by atoms with Gasteiger partial charge in [-0.25, -0.2) is 0 Å². The van der Waals surface area contributed by atoms with Gasteiger partial charge in [0.1, 0.15) is 0 Å². The topological polar surface area (TPSA) is 21.3 Å². The van der Waals surface area contributed by atoms with Gasteiger partial charge in [0.15, 0.2) is 0 Å². The monoisotopic (exact) mass is 245 g/mol. The molecule has 0 saturated heterocycles. The minimum Gasteiger partial charge on any atom is -0.383 e. The fourth-order valence-corrected chi connectivity index (χ4v) is 2.82. The van der Waals surface area contributed by atoms with Crippen molar-refractivity contribution in [3.8, 4) is 0 Å². The third-order valence-corrected chi connectivity index (χ3v) is 4.37. The third-order valence-electron chi connectivity index (χ3n) is 3.67. The summed E-state index contributed by atoms with van der Waals surface area (Å²) in [6.07, 6.45) is 7.83. The average molecular weight is 245 g/mol. The van der Waals surface area contributed by atoms with Gasteiger partial charge in [0.05, 0.1) is 6.61 Å². The van der Waals surface area contributed by atoms with Crippen molar-refractivity contribution in [1.29, 1.82) is 0 Å². The van der Waals surface area contributed by atoms with Gasteiger partial charge in [-0.2, -0.15) is 11.8 Å². The highest BCUT2D eigenvalue weighted by molar-refractivity contribution is 7.98. The first-order chi connectivity index (χ1) is 7.73. The Morgan fingerprint density at radius 3 is 2.75 bits per heavy atom. The van der Waals surface area contributed by atoms with Crippen LogP contribution in [0, 0.1) is 11.3 Å². The highest BCUT2D eigenvalue weighted by Gasteiger charge is 2.40. The Hall–Kier alpha value is 0.270. The van der Waals surface area contributed by atoms with Gasteiger partial charge in [0, 0.05) is 20.2 Å². The Morgan fingerprint density at radius 1 is 1.44 bits per heavy atom.